The first-order valence-electron chi connectivity index (χ1n) is 4.10. The number of Topliss-reactive ketones (excluding diaryl/α,β-unsaturated/α-hetero) is 1. The summed E-state index contributed by atoms with van der Waals surface area (Å²) in [6.07, 6.45) is 0. The number of methoxy groups -OCH3 is 1. The third-order valence-electron chi connectivity index (χ3n) is 1.79. The summed E-state index contributed by atoms with van der Waals surface area (Å²) < 4.78 is 5.94. The van der Waals surface area contributed by atoms with Crippen LogP contribution in [-0.2, 0) is 0 Å². The molecule has 0 saturated heterocycles. The van der Waals surface area contributed by atoms with Gasteiger partial charge in [-0.25, -0.2) is 0 Å². The summed E-state index contributed by atoms with van der Waals surface area (Å²) in [5.41, 5.74) is 1.04. The zero-order valence-corrected chi connectivity index (χ0v) is 9.72. The molecule has 0 amide bonds. The van der Waals surface area contributed by atoms with Crippen molar-refractivity contribution < 1.29 is 9.53 Å². The maximum absolute atomic E-state index is 11.7. The van der Waals surface area contributed by atoms with E-state index in [2.05, 4.69) is 22.5 Å². The Balaban J connectivity index is 3.23. The molecule has 1 rings (SSSR count). The number of halogens is 1. The molecule has 14 heavy (non-hydrogen) atoms. The molecule has 2 nitrogen and oxygen atoms in total. The lowest BCUT2D eigenvalue weighted by atomic mass is 10.1. The highest BCUT2D eigenvalue weighted by Gasteiger charge is 2.12. The molecule has 0 aromatic heterocycles. The van der Waals surface area contributed by atoms with Crippen molar-refractivity contribution >= 4 is 21.7 Å². The first-order valence-corrected chi connectivity index (χ1v) is 4.89. The van der Waals surface area contributed by atoms with Gasteiger partial charge in [0.2, 0.25) is 0 Å². The summed E-state index contributed by atoms with van der Waals surface area (Å²) in [6, 6.07) is 5.31. The molecule has 3 heteroatoms. The standard InChI is InChI=1S/C11H11BrO2/c1-7(2)11(13)9-6-8(12)4-5-10(9)14-3/h4-6H,1H2,2-3H3. The van der Waals surface area contributed by atoms with Crippen LogP contribution in [0.1, 0.15) is 17.3 Å². The number of carbonyl (C=O) groups excluding carboxylic acids is 1. The number of hydrogen-bond acceptors (Lipinski definition) is 2. The second-order valence-electron chi connectivity index (χ2n) is 2.95. The Labute approximate surface area is 91.7 Å². The fourth-order valence-corrected chi connectivity index (χ4v) is 1.45. The number of benzene rings is 1. The predicted octanol–water partition coefficient (Wildman–Crippen LogP) is 3.22. The van der Waals surface area contributed by atoms with Crippen molar-refractivity contribution in [2.75, 3.05) is 7.11 Å². The van der Waals surface area contributed by atoms with Crippen LogP contribution in [0.4, 0.5) is 0 Å². The summed E-state index contributed by atoms with van der Waals surface area (Å²) in [6.45, 7) is 5.30. The smallest absolute Gasteiger partial charge is 0.191 e. The quantitative estimate of drug-likeness (QED) is 0.612. The van der Waals surface area contributed by atoms with E-state index in [9.17, 15) is 4.79 Å². The monoisotopic (exact) mass is 254 g/mol. The molecule has 0 aliphatic heterocycles. The van der Waals surface area contributed by atoms with Crippen LogP contribution in [0.2, 0.25) is 0 Å². The molecule has 0 fully saturated rings. The first-order chi connectivity index (χ1) is 6.56. The molecule has 0 saturated carbocycles. The van der Waals surface area contributed by atoms with Crippen molar-refractivity contribution in [1.29, 1.82) is 0 Å². The molecule has 0 heterocycles. The van der Waals surface area contributed by atoms with E-state index in [4.69, 9.17) is 4.74 Å². The number of ketones is 1. The van der Waals surface area contributed by atoms with Crippen LogP contribution in [0.25, 0.3) is 0 Å². The maximum atomic E-state index is 11.7. The minimum atomic E-state index is -0.0943. The van der Waals surface area contributed by atoms with Gasteiger partial charge in [0.05, 0.1) is 12.7 Å². The van der Waals surface area contributed by atoms with Crippen LogP contribution < -0.4 is 4.74 Å². The van der Waals surface area contributed by atoms with E-state index >= 15 is 0 Å². The summed E-state index contributed by atoms with van der Waals surface area (Å²) in [7, 11) is 1.54. The number of ether oxygens (including phenoxy) is 1. The Bertz CT molecular complexity index is 383. The summed E-state index contributed by atoms with van der Waals surface area (Å²) in [5.74, 6) is 0.476. The van der Waals surface area contributed by atoms with Gasteiger partial charge >= 0.3 is 0 Å². The molecule has 0 unspecified atom stereocenters. The normalized spacial score (nSPS) is 9.64. The van der Waals surface area contributed by atoms with Crippen molar-refractivity contribution in [2.24, 2.45) is 0 Å². The zero-order chi connectivity index (χ0) is 10.7. The van der Waals surface area contributed by atoms with Gasteiger partial charge < -0.3 is 4.74 Å². The van der Waals surface area contributed by atoms with Gasteiger partial charge in [-0.15, -0.1) is 0 Å². The lowest BCUT2D eigenvalue weighted by Crippen LogP contribution is -2.02. The van der Waals surface area contributed by atoms with Crippen molar-refractivity contribution in [3.05, 3.63) is 40.4 Å². The highest BCUT2D eigenvalue weighted by molar-refractivity contribution is 9.10. The van der Waals surface area contributed by atoms with Crippen LogP contribution >= 0.6 is 15.9 Å². The molecule has 1 aromatic rings. The molecular weight excluding hydrogens is 244 g/mol. The topological polar surface area (TPSA) is 26.3 Å². The Kier molecular flexibility index (Phi) is 3.47. The van der Waals surface area contributed by atoms with E-state index in [-0.39, 0.29) is 5.78 Å². The third-order valence-corrected chi connectivity index (χ3v) is 2.29. The largest absolute Gasteiger partial charge is 0.496 e. The second-order valence-corrected chi connectivity index (χ2v) is 3.87. The predicted molar refractivity (Wildman–Crippen MR) is 59.8 cm³/mol. The average Bonchev–Trinajstić information content (AvgIpc) is 2.16. The van der Waals surface area contributed by atoms with Gasteiger partial charge in [-0.2, -0.15) is 0 Å². The summed E-state index contributed by atoms with van der Waals surface area (Å²) >= 11 is 3.31. The third kappa shape index (κ3) is 2.23. The van der Waals surface area contributed by atoms with Crippen molar-refractivity contribution in [1.82, 2.24) is 0 Å². The van der Waals surface area contributed by atoms with E-state index < -0.39 is 0 Å². The summed E-state index contributed by atoms with van der Waals surface area (Å²) in [4.78, 5) is 11.7. The Morgan fingerprint density at radius 1 is 1.50 bits per heavy atom. The molecule has 0 spiro atoms. The minimum absolute atomic E-state index is 0.0943. The molecule has 1 aromatic carbocycles. The highest BCUT2D eigenvalue weighted by atomic mass is 79.9. The van der Waals surface area contributed by atoms with Crippen LogP contribution in [-0.4, -0.2) is 12.9 Å². The van der Waals surface area contributed by atoms with Crippen LogP contribution in [0.5, 0.6) is 5.75 Å². The fraction of sp³-hybridized carbons (Fsp3) is 0.182. The van der Waals surface area contributed by atoms with Crippen molar-refractivity contribution in [2.45, 2.75) is 6.92 Å². The molecule has 0 N–H and O–H groups in total. The molecule has 0 aliphatic rings. The number of rotatable bonds is 3. The number of allylic oxidation sites excluding steroid dienone is 1. The Morgan fingerprint density at radius 2 is 2.14 bits per heavy atom. The van der Waals surface area contributed by atoms with E-state index in [1.807, 2.05) is 6.07 Å². The molecule has 74 valence electrons. The van der Waals surface area contributed by atoms with E-state index in [1.165, 1.54) is 0 Å². The fourth-order valence-electron chi connectivity index (χ4n) is 1.09. The molecule has 0 radical (unpaired) electrons. The molecular formula is C11H11BrO2. The van der Waals surface area contributed by atoms with Gasteiger partial charge in [0.25, 0.3) is 0 Å². The van der Waals surface area contributed by atoms with Gasteiger partial charge in [-0.3, -0.25) is 4.79 Å². The van der Waals surface area contributed by atoms with Crippen LogP contribution in [0.15, 0.2) is 34.8 Å². The first kappa shape index (κ1) is 11.0. The maximum Gasteiger partial charge on any atom is 0.191 e. The van der Waals surface area contributed by atoms with Gasteiger partial charge in [0, 0.05) is 4.47 Å². The lowest BCUT2D eigenvalue weighted by Gasteiger charge is -2.07. The molecule has 0 aliphatic carbocycles. The van der Waals surface area contributed by atoms with Gasteiger partial charge in [-0.1, -0.05) is 22.5 Å². The van der Waals surface area contributed by atoms with Gasteiger partial charge in [0.1, 0.15) is 5.75 Å². The van der Waals surface area contributed by atoms with Gasteiger partial charge in [-0.05, 0) is 30.7 Å². The zero-order valence-electron chi connectivity index (χ0n) is 8.13. The van der Waals surface area contributed by atoms with E-state index in [0.29, 0.717) is 16.9 Å². The van der Waals surface area contributed by atoms with Crippen LogP contribution in [0, 0.1) is 0 Å². The van der Waals surface area contributed by atoms with Crippen LogP contribution in [0.3, 0.4) is 0 Å². The highest BCUT2D eigenvalue weighted by Crippen LogP contribution is 2.24. The van der Waals surface area contributed by atoms with Crippen molar-refractivity contribution in [3.8, 4) is 5.75 Å². The molecule has 0 atom stereocenters. The minimum Gasteiger partial charge on any atom is -0.496 e. The number of carbonyl (C=O) groups is 1. The van der Waals surface area contributed by atoms with Gasteiger partial charge in [0.15, 0.2) is 5.78 Å². The molecule has 0 bridgehead atoms. The lowest BCUT2D eigenvalue weighted by molar-refractivity contribution is 0.103. The summed E-state index contributed by atoms with van der Waals surface area (Å²) in [5, 5.41) is 0. The number of hydrogen-bond donors (Lipinski definition) is 0. The van der Waals surface area contributed by atoms with Crippen molar-refractivity contribution in [3.63, 3.8) is 0 Å². The van der Waals surface area contributed by atoms with E-state index in [1.54, 1.807) is 26.2 Å². The Hall–Kier alpha value is -1.09. The Morgan fingerprint density at radius 3 is 2.64 bits per heavy atom. The average molecular weight is 255 g/mol. The SMILES string of the molecule is C=C(C)C(=O)c1cc(Br)ccc1OC. The second kappa shape index (κ2) is 4.42. The van der Waals surface area contributed by atoms with E-state index in [0.717, 1.165) is 4.47 Å².